The lowest BCUT2D eigenvalue weighted by molar-refractivity contribution is 0.313. The molecule has 98 valence electrons. The van der Waals surface area contributed by atoms with Crippen molar-refractivity contribution in [1.82, 2.24) is 4.90 Å². The third-order valence-electron chi connectivity index (χ3n) is 3.44. The average molecular weight is 244 g/mol. The molecule has 1 aromatic rings. The fraction of sp³-hybridized carbons (Fsp3) is 0.500. The van der Waals surface area contributed by atoms with Gasteiger partial charge in [-0.3, -0.25) is 0 Å². The van der Waals surface area contributed by atoms with Gasteiger partial charge < -0.3 is 9.80 Å². The summed E-state index contributed by atoms with van der Waals surface area (Å²) < 4.78 is 0. The molecule has 1 heterocycles. The Morgan fingerprint density at radius 3 is 2.17 bits per heavy atom. The van der Waals surface area contributed by atoms with Gasteiger partial charge in [-0.2, -0.15) is 0 Å². The molecule has 0 aromatic heterocycles. The number of hydrogen-bond donors (Lipinski definition) is 0. The lowest BCUT2D eigenvalue weighted by Crippen LogP contribution is -2.44. The van der Waals surface area contributed by atoms with Crippen LogP contribution in [0.25, 0.3) is 6.08 Å². The molecule has 0 N–H and O–H groups in total. The van der Waals surface area contributed by atoms with Gasteiger partial charge in [0.15, 0.2) is 0 Å². The molecule has 0 aliphatic carbocycles. The molecule has 0 spiro atoms. The van der Waals surface area contributed by atoms with E-state index in [1.54, 1.807) is 0 Å². The number of benzene rings is 1. The summed E-state index contributed by atoms with van der Waals surface area (Å²) in [5.74, 6) is 0.613. The third kappa shape index (κ3) is 3.61. The number of piperazine rings is 1. The molecule has 0 atom stereocenters. The van der Waals surface area contributed by atoms with Crippen LogP contribution in [0.3, 0.4) is 0 Å². The van der Waals surface area contributed by atoms with Crippen LogP contribution in [0.4, 0.5) is 5.69 Å². The summed E-state index contributed by atoms with van der Waals surface area (Å²) in [5.41, 5.74) is 2.64. The van der Waals surface area contributed by atoms with Crippen molar-refractivity contribution in [3.05, 3.63) is 35.9 Å². The Bertz CT molecular complexity index is 384. The minimum absolute atomic E-state index is 0.613. The van der Waals surface area contributed by atoms with Crippen molar-refractivity contribution < 1.29 is 0 Å². The molecule has 2 rings (SSSR count). The van der Waals surface area contributed by atoms with E-state index in [4.69, 9.17) is 0 Å². The van der Waals surface area contributed by atoms with Crippen LogP contribution >= 0.6 is 0 Å². The summed E-state index contributed by atoms with van der Waals surface area (Å²) >= 11 is 0. The molecule has 2 nitrogen and oxygen atoms in total. The number of rotatable bonds is 3. The van der Waals surface area contributed by atoms with Gasteiger partial charge in [0.05, 0.1) is 0 Å². The number of allylic oxidation sites excluding steroid dienone is 1. The van der Waals surface area contributed by atoms with Crippen LogP contribution in [0, 0.1) is 5.92 Å². The maximum Gasteiger partial charge on any atom is 0.0367 e. The van der Waals surface area contributed by atoms with Crippen molar-refractivity contribution in [3.63, 3.8) is 0 Å². The SMILES string of the molecule is CC(C)/C=C/c1ccc(N2CCN(C)CC2)cc1. The molecule has 0 saturated carbocycles. The van der Waals surface area contributed by atoms with Gasteiger partial charge in [0.25, 0.3) is 0 Å². The highest BCUT2D eigenvalue weighted by molar-refractivity contribution is 5.56. The number of nitrogens with zero attached hydrogens (tertiary/aromatic N) is 2. The largest absolute Gasteiger partial charge is 0.369 e. The van der Waals surface area contributed by atoms with Gasteiger partial charge in [-0.1, -0.05) is 38.1 Å². The first kappa shape index (κ1) is 13.2. The molecule has 0 unspecified atom stereocenters. The molecule has 1 saturated heterocycles. The Hall–Kier alpha value is -1.28. The summed E-state index contributed by atoms with van der Waals surface area (Å²) in [6, 6.07) is 8.91. The van der Waals surface area contributed by atoms with Crippen LogP contribution in [0.15, 0.2) is 30.3 Å². The Balaban J connectivity index is 1.99. The molecule has 0 bridgehead atoms. The standard InChI is InChI=1S/C16H24N2/c1-14(2)4-5-15-6-8-16(9-7-15)18-12-10-17(3)11-13-18/h4-9,14H,10-13H2,1-3H3/b5-4+. The Morgan fingerprint density at radius 1 is 1.00 bits per heavy atom. The lowest BCUT2D eigenvalue weighted by atomic mass is 10.1. The van der Waals surface area contributed by atoms with Gasteiger partial charge >= 0.3 is 0 Å². The highest BCUT2D eigenvalue weighted by atomic mass is 15.2. The van der Waals surface area contributed by atoms with Gasteiger partial charge in [-0.25, -0.2) is 0 Å². The first-order valence-electron chi connectivity index (χ1n) is 6.87. The van der Waals surface area contributed by atoms with E-state index >= 15 is 0 Å². The second kappa shape index (κ2) is 6.05. The molecule has 1 aromatic carbocycles. The molecule has 0 amide bonds. The van der Waals surface area contributed by atoms with E-state index in [0.717, 1.165) is 26.2 Å². The van der Waals surface area contributed by atoms with E-state index in [1.807, 2.05) is 0 Å². The zero-order chi connectivity index (χ0) is 13.0. The van der Waals surface area contributed by atoms with E-state index in [0.29, 0.717) is 5.92 Å². The van der Waals surface area contributed by atoms with Crippen LogP contribution in [0.2, 0.25) is 0 Å². The van der Waals surface area contributed by atoms with Gasteiger partial charge in [0.2, 0.25) is 0 Å². The minimum Gasteiger partial charge on any atom is -0.369 e. The Morgan fingerprint density at radius 2 is 1.61 bits per heavy atom. The minimum atomic E-state index is 0.613. The molecular weight excluding hydrogens is 220 g/mol. The normalized spacial score (nSPS) is 17.9. The fourth-order valence-electron chi connectivity index (χ4n) is 2.16. The lowest BCUT2D eigenvalue weighted by Gasteiger charge is -2.34. The van der Waals surface area contributed by atoms with E-state index < -0.39 is 0 Å². The fourth-order valence-corrected chi connectivity index (χ4v) is 2.16. The van der Waals surface area contributed by atoms with Crippen LogP contribution in [-0.4, -0.2) is 38.1 Å². The van der Waals surface area contributed by atoms with Crippen molar-refractivity contribution in [2.45, 2.75) is 13.8 Å². The van der Waals surface area contributed by atoms with Crippen molar-refractivity contribution in [1.29, 1.82) is 0 Å². The zero-order valence-electron chi connectivity index (χ0n) is 11.8. The highest BCUT2D eigenvalue weighted by Crippen LogP contribution is 2.17. The summed E-state index contributed by atoms with van der Waals surface area (Å²) in [5, 5.41) is 0. The van der Waals surface area contributed by atoms with E-state index in [2.05, 4.69) is 67.1 Å². The number of likely N-dealkylation sites (N-methyl/N-ethyl adjacent to an activating group) is 1. The molecule has 0 radical (unpaired) electrons. The van der Waals surface area contributed by atoms with Gasteiger partial charge in [-0.15, -0.1) is 0 Å². The maximum absolute atomic E-state index is 2.47. The van der Waals surface area contributed by atoms with Crippen LogP contribution in [-0.2, 0) is 0 Å². The molecule has 18 heavy (non-hydrogen) atoms. The van der Waals surface area contributed by atoms with Gasteiger partial charge in [0, 0.05) is 31.9 Å². The number of hydrogen-bond acceptors (Lipinski definition) is 2. The average Bonchev–Trinajstić information content (AvgIpc) is 2.38. The van der Waals surface area contributed by atoms with E-state index in [9.17, 15) is 0 Å². The van der Waals surface area contributed by atoms with Crippen LogP contribution in [0.1, 0.15) is 19.4 Å². The summed E-state index contributed by atoms with van der Waals surface area (Å²) in [7, 11) is 2.19. The van der Waals surface area contributed by atoms with Crippen molar-refractivity contribution in [2.75, 3.05) is 38.1 Å². The quantitative estimate of drug-likeness (QED) is 0.806. The first-order chi connectivity index (χ1) is 8.65. The third-order valence-corrected chi connectivity index (χ3v) is 3.44. The second-order valence-electron chi connectivity index (χ2n) is 5.48. The molecular formula is C16H24N2. The van der Waals surface area contributed by atoms with Crippen LogP contribution < -0.4 is 4.90 Å². The van der Waals surface area contributed by atoms with Crippen molar-refractivity contribution in [2.24, 2.45) is 5.92 Å². The predicted molar refractivity (Wildman–Crippen MR) is 80.0 cm³/mol. The Kier molecular flexibility index (Phi) is 4.43. The topological polar surface area (TPSA) is 6.48 Å². The van der Waals surface area contributed by atoms with E-state index in [1.165, 1.54) is 11.3 Å². The Labute approximate surface area is 111 Å². The predicted octanol–water partition coefficient (Wildman–Crippen LogP) is 3.11. The second-order valence-corrected chi connectivity index (χ2v) is 5.48. The summed E-state index contributed by atoms with van der Waals surface area (Å²) in [4.78, 5) is 4.85. The highest BCUT2D eigenvalue weighted by Gasteiger charge is 2.13. The molecule has 1 aliphatic heterocycles. The summed E-state index contributed by atoms with van der Waals surface area (Å²) in [6.07, 6.45) is 4.45. The molecule has 2 heteroatoms. The summed E-state index contributed by atoms with van der Waals surface area (Å²) in [6.45, 7) is 9.00. The first-order valence-corrected chi connectivity index (χ1v) is 6.87. The number of anilines is 1. The maximum atomic E-state index is 2.47. The van der Waals surface area contributed by atoms with Crippen molar-refractivity contribution in [3.8, 4) is 0 Å². The van der Waals surface area contributed by atoms with Crippen molar-refractivity contribution >= 4 is 11.8 Å². The zero-order valence-corrected chi connectivity index (χ0v) is 11.8. The molecule has 1 fully saturated rings. The van der Waals surface area contributed by atoms with E-state index in [-0.39, 0.29) is 0 Å². The van der Waals surface area contributed by atoms with Crippen LogP contribution in [0.5, 0.6) is 0 Å². The van der Waals surface area contributed by atoms with Gasteiger partial charge in [-0.05, 0) is 30.7 Å². The molecule has 1 aliphatic rings. The monoisotopic (exact) mass is 244 g/mol. The smallest absolute Gasteiger partial charge is 0.0367 e. The van der Waals surface area contributed by atoms with Gasteiger partial charge in [0.1, 0.15) is 0 Å².